The zero-order valence-corrected chi connectivity index (χ0v) is 18.3. The minimum Gasteiger partial charge on any atom is -0.294 e. The zero-order valence-electron chi connectivity index (χ0n) is 17.5. The zero-order chi connectivity index (χ0) is 20.2. The number of aryl methyl sites for hydroxylation is 1. The molecule has 0 aliphatic heterocycles. The fourth-order valence-corrected chi connectivity index (χ4v) is 7.71. The largest absolute Gasteiger partial charge is 0.294 e. The first kappa shape index (κ1) is 18.8. The van der Waals surface area contributed by atoms with E-state index in [-0.39, 0.29) is 21.7 Å². The van der Waals surface area contributed by atoms with Crippen LogP contribution in [0.1, 0.15) is 49.0 Å². The van der Waals surface area contributed by atoms with E-state index in [0.717, 1.165) is 11.5 Å². The molecule has 4 atom stereocenters. The van der Waals surface area contributed by atoms with Gasteiger partial charge in [0.1, 0.15) is 5.38 Å². The van der Waals surface area contributed by atoms with Crippen LogP contribution in [0.5, 0.6) is 0 Å². The van der Waals surface area contributed by atoms with Crippen molar-refractivity contribution in [2.45, 2.75) is 40.0 Å². The number of carbonyl (C=O) groups is 1. The summed E-state index contributed by atoms with van der Waals surface area (Å²) in [5, 5.41) is 3.73. The van der Waals surface area contributed by atoms with Gasteiger partial charge in [-0.2, -0.15) is 0 Å². The number of fused-ring (bicyclic) bond motifs is 3. The molecule has 4 unspecified atom stereocenters. The van der Waals surface area contributed by atoms with Crippen molar-refractivity contribution < 1.29 is 4.79 Å². The fourth-order valence-electron chi connectivity index (χ4n) is 5.60. The Kier molecular flexibility index (Phi) is 4.51. The number of thiophene rings is 1. The molecule has 29 heavy (non-hydrogen) atoms. The highest BCUT2D eigenvalue weighted by Gasteiger charge is 2.44. The van der Waals surface area contributed by atoms with Crippen molar-refractivity contribution in [3.63, 3.8) is 0 Å². The third-order valence-corrected chi connectivity index (χ3v) is 9.37. The molecule has 3 aromatic rings. The van der Waals surface area contributed by atoms with Gasteiger partial charge in [-0.25, -0.2) is 0 Å². The predicted molar refractivity (Wildman–Crippen MR) is 124 cm³/mol. The Labute approximate surface area is 176 Å². The molecule has 0 saturated heterocycles. The van der Waals surface area contributed by atoms with Crippen LogP contribution in [0.3, 0.4) is 0 Å². The molecule has 148 valence electrons. The lowest BCUT2D eigenvalue weighted by Crippen LogP contribution is -2.30. The summed E-state index contributed by atoms with van der Waals surface area (Å²) in [6.07, 6.45) is 7.98. The van der Waals surface area contributed by atoms with Crippen LogP contribution < -0.4 is 0 Å². The number of allylic oxidation sites excluding steroid dienone is 2. The van der Waals surface area contributed by atoms with Crippen LogP contribution in [0, 0.1) is 30.1 Å². The van der Waals surface area contributed by atoms with Crippen LogP contribution in [0.15, 0.2) is 66.1 Å². The van der Waals surface area contributed by atoms with Crippen LogP contribution in [0.4, 0.5) is 0 Å². The lowest BCUT2D eigenvalue weighted by atomic mass is 9.69. The normalized spacial score (nSPS) is 23.8. The summed E-state index contributed by atoms with van der Waals surface area (Å²) in [6, 6.07) is 17.1. The van der Waals surface area contributed by atoms with Gasteiger partial charge in [-0.1, -0.05) is 38.1 Å². The number of carbonyl (C=O) groups excluding carboxylic acids is 1. The second-order valence-electron chi connectivity index (χ2n) is 9.63. The topological polar surface area (TPSA) is 17.1 Å². The molecule has 5 rings (SSSR count). The minimum absolute atomic E-state index is 0.0203. The van der Waals surface area contributed by atoms with Crippen LogP contribution in [0.2, 0.25) is 0 Å². The average Bonchev–Trinajstić information content (AvgIpc) is 3.43. The van der Waals surface area contributed by atoms with E-state index in [1.54, 1.807) is 0 Å². The van der Waals surface area contributed by atoms with E-state index >= 15 is 0 Å². The Morgan fingerprint density at radius 1 is 1.03 bits per heavy atom. The molecule has 2 aromatic carbocycles. The SMILES string of the molecule is Cc1c[s+](-c2ccc(C(=O)CC(C)(C)C3CC4C=CC3C4)cc2)c2ccccc12. The molecule has 0 spiro atoms. The van der Waals surface area contributed by atoms with Crippen molar-refractivity contribution in [1.29, 1.82) is 0 Å². The number of hydrogen-bond acceptors (Lipinski definition) is 1. The van der Waals surface area contributed by atoms with E-state index in [0.29, 0.717) is 18.3 Å². The summed E-state index contributed by atoms with van der Waals surface area (Å²) in [7, 11) is -0.0203. The van der Waals surface area contributed by atoms with E-state index < -0.39 is 0 Å². The van der Waals surface area contributed by atoms with Crippen molar-refractivity contribution in [2.75, 3.05) is 0 Å². The summed E-state index contributed by atoms with van der Waals surface area (Å²) in [5.74, 6) is 2.37. The number of Topliss-reactive ketones (excluding diaryl/α,β-unsaturated/α-hetero) is 1. The molecule has 2 bridgehead atoms. The third-order valence-electron chi connectivity index (χ3n) is 7.17. The number of benzene rings is 2. The highest BCUT2D eigenvalue weighted by atomic mass is 32.2. The standard InChI is InChI=1S/C27H29OS/c1-18-17-29(26-7-5-4-6-23(18)26)22-12-10-20(11-13-22)25(28)16-27(2,3)24-15-19-8-9-21(24)14-19/h4-13,17,19,21,24H,14-16H2,1-3H3/q+1. The Bertz CT molecular complexity index is 1100. The van der Waals surface area contributed by atoms with E-state index in [1.807, 2.05) is 12.1 Å². The minimum atomic E-state index is -0.0203. The maximum Gasteiger partial charge on any atom is 0.186 e. The van der Waals surface area contributed by atoms with E-state index in [4.69, 9.17) is 0 Å². The Hall–Kier alpha value is -2.19. The fraction of sp³-hybridized carbons (Fsp3) is 0.370. The molecular formula is C27H29OS+. The van der Waals surface area contributed by atoms with Gasteiger partial charge < -0.3 is 0 Å². The lowest BCUT2D eigenvalue weighted by molar-refractivity contribution is 0.0854. The summed E-state index contributed by atoms with van der Waals surface area (Å²) >= 11 is 0. The molecule has 2 heteroatoms. The molecule has 1 saturated carbocycles. The maximum atomic E-state index is 13.1. The molecular weight excluding hydrogens is 372 g/mol. The first-order valence-electron chi connectivity index (χ1n) is 10.7. The maximum absolute atomic E-state index is 13.1. The van der Waals surface area contributed by atoms with E-state index in [2.05, 4.69) is 74.7 Å². The van der Waals surface area contributed by atoms with Crippen molar-refractivity contribution in [1.82, 2.24) is 0 Å². The smallest absolute Gasteiger partial charge is 0.186 e. The quantitative estimate of drug-likeness (QED) is 0.243. The third kappa shape index (κ3) is 3.28. The molecule has 2 aliphatic carbocycles. The molecule has 0 N–H and O–H groups in total. The first-order valence-corrected chi connectivity index (χ1v) is 12.0. The highest BCUT2D eigenvalue weighted by molar-refractivity contribution is 7.43. The van der Waals surface area contributed by atoms with Crippen LogP contribution in [-0.2, 0) is 0 Å². The first-order chi connectivity index (χ1) is 13.9. The molecule has 1 nitrogen and oxygen atoms in total. The summed E-state index contributed by atoms with van der Waals surface area (Å²) < 4.78 is 1.40. The van der Waals surface area contributed by atoms with E-state index in [1.165, 1.54) is 33.4 Å². The Morgan fingerprint density at radius 2 is 1.79 bits per heavy atom. The average molecular weight is 402 g/mol. The monoisotopic (exact) mass is 401 g/mol. The van der Waals surface area contributed by atoms with Crippen molar-refractivity contribution >= 4 is 26.3 Å². The molecule has 2 aliphatic rings. The molecule has 1 heterocycles. The van der Waals surface area contributed by atoms with Crippen molar-refractivity contribution in [3.8, 4) is 4.90 Å². The summed E-state index contributed by atoms with van der Waals surface area (Å²) in [4.78, 5) is 14.4. The van der Waals surface area contributed by atoms with Crippen LogP contribution >= 0.6 is 10.5 Å². The van der Waals surface area contributed by atoms with Gasteiger partial charge in [0.25, 0.3) is 0 Å². The van der Waals surface area contributed by atoms with Gasteiger partial charge in [-0.15, -0.1) is 0 Å². The second kappa shape index (κ2) is 6.95. The number of rotatable bonds is 5. The molecule has 0 radical (unpaired) electrons. The molecule has 1 aromatic heterocycles. The predicted octanol–water partition coefficient (Wildman–Crippen LogP) is 7.70. The van der Waals surface area contributed by atoms with Gasteiger partial charge in [0, 0.05) is 33.4 Å². The van der Waals surface area contributed by atoms with Crippen molar-refractivity contribution in [3.05, 3.63) is 77.2 Å². The molecule has 0 amide bonds. The summed E-state index contributed by atoms with van der Waals surface area (Å²) in [6.45, 7) is 6.78. The van der Waals surface area contributed by atoms with Crippen molar-refractivity contribution in [2.24, 2.45) is 23.2 Å². The Balaban J connectivity index is 1.36. The van der Waals surface area contributed by atoms with Gasteiger partial charge in [-0.05, 0) is 79.3 Å². The van der Waals surface area contributed by atoms with Gasteiger partial charge in [0.2, 0.25) is 0 Å². The van der Waals surface area contributed by atoms with E-state index in [9.17, 15) is 4.79 Å². The van der Waals surface area contributed by atoms with Gasteiger partial charge in [0.15, 0.2) is 15.4 Å². The Morgan fingerprint density at radius 3 is 2.48 bits per heavy atom. The van der Waals surface area contributed by atoms with Gasteiger partial charge in [-0.3, -0.25) is 4.79 Å². The summed E-state index contributed by atoms with van der Waals surface area (Å²) in [5.41, 5.74) is 2.27. The van der Waals surface area contributed by atoms with Crippen LogP contribution in [-0.4, -0.2) is 5.78 Å². The molecule has 1 fully saturated rings. The van der Waals surface area contributed by atoms with Crippen LogP contribution in [0.25, 0.3) is 15.0 Å². The second-order valence-corrected chi connectivity index (χ2v) is 11.5. The van der Waals surface area contributed by atoms with Gasteiger partial charge in [0.05, 0.1) is 0 Å². The van der Waals surface area contributed by atoms with Gasteiger partial charge >= 0.3 is 0 Å². The lowest BCUT2D eigenvalue weighted by Gasteiger charge is -2.35. The number of ketones is 1. The highest BCUT2D eigenvalue weighted by Crippen LogP contribution is 2.52. The number of hydrogen-bond donors (Lipinski definition) is 0.